The first-order valence-electron chi connectivity index (χ1n) is 12.4. The van der Waals surface area contributed by atoms with Crippen LogP contribution in [0.15, 0.2) is 60.0 Å². The van der Waals surface area contributed by atoms with Gasteiger partial charge in [0.1, 0.15) is 0 Å². The monoisotopic (exact) mass is 489 g/mol. The summed E-state index contributed by atoms with van der Waals surface area (Å²) in [7, 11) is 0. The maximum atomic E-state index is 13.0. The van der Waals surface area contributed by atoms with Gasteiger partial charge >= 0.3 is 6.03 Å². The Hall–Kier alpha value is -3.19. The number of carbonyl (C=O) groups excluding carboxylic acids is 3. The van der Waals surface area contributed by atoms with Crippen LogP contribution in [-0.4, -0.2) is 53.7 Å². The van der Waals surface area contributed by atoms with Crippen molar-refractivity contribution in [2.45, 2.75) is 38.5 Å². The predicted molar refractivity (Wildman–Crippen MR) is 140 cm³/mol. The molecule has 0 atom stereocenters. The summed E-state index contributed by atoms with van der Waals surface area (Å²) in [6.07, 6.45) is 4.26. The first kappa shape index (κ1) is 23.5. The van der Waals surface area contributed by atoms with Crippen molar-refractivity contribution in [3.05, 3.63) is 64.9 Å². The van der Waals surface area contributed by atoms with Gasteiger partial charge in [0, 0.05) is 44.4 Å². The van der Waals surface area contributed by atoms with Gasteiger partial charge in [-0.2, -0.15) is 0 Å². The van der Waals surface area contributed by atoms with Crippen molar-refractivity contribution in [1.29, 1.82) is 0 Å². The third-order valence-electron chi connectivity index (χ3n) is 7.52. The summed E-state index contributed by atoms with van der Waals surface area (Å²) in [4.78, 5) is 42.5. The van der Waals surface area contributed by atoms with Crippen molar-refractivity contribution in [1.82, 2.24) is 9.80 Å². The molecule has 2 saturated heterocycles. The Morgan fingerprint density at radius 1 is 0.857 bits per heavy atom. The summed E-state index contributed by atoms with van der Waals surface area (Å²) in [6, 6.07) is 17.7. The number of urea groups is 1. The number of hydrogen-bond donors (Lipinski definition) is 1. The Morgan fingerprint density at radius 3 is 2.37 bits per heavy atom. The molecule has 0 saturated carbocycles. The molecule has 35 heavy (non-hydrogen) atoms. The lowest BCUT2D eigenvalue weighted by atomic mass is 9.78. The van der Waals surface area contributed by atoms with Gasteiger partial charge in [-0.15, -0.1) is 11.3 Å². The van der Waals surface area contributed by atoms with Crippen LogP contribution in [0.4, 0.5) is 10.5 Å². The van der Waals surface area contributed by atoms with Crippen LogP contribution in [-0.2, 0) is 4.79 Å². The third-order valence-corrected chi connectivity index (χ3v) is 8.43. The zero-order valence-corrected chi connectivity index (χ0v) is 20.7. The largest absolute Gasteiger partial charge is 0.342 e. The van der Waals surface area contributed by atoms with Crippen molar-refractivity contribution in [2.75, 3.05) is 31.5 Å². The highest BCUT2D eigenvalue weighted by atomic mass is 32.1. The van der Waals surface area contributed by atoms with E-state index in [4.69, 9.17) is 0 Å². The highest BCUT2D eigenvalue weighted by Gasteiger charge is 2.42. The van der Waals surface area contributed by atoms with Crippen LogP contribution in [0.1, 0.15) is 48.2 Å². The van der Waals surface area contributed by atoms with Gasteiger partial charge in [0.15, 0.2) is 5.78 Å². The molecule has 1 spiro atoms. The first-order valence-corrected chi connectivity index (χ1v) is 13.3. The Morgan fingerprint density at radius 2 is 1.60 bits per heavy atom. The van der Waals surface area contributed by atoms with E-state index >= 15 is 0 Å². The molecule has 182 valence electrons. The summed E-state index contributed by atoms with van der Waals surface area (Å²) in [5, 5.41) is 7.15. The number of nitrogens with one attached hydrogen (secondary N) is 1. The Kier molecular flexibility index (Phi) is 6.86. The number of anilines is 1. The molecule has 1 aromatic heterocycles. The summed E-state index contributed by atoms with van der Waals surface area (Å²) in [5.74, 6) is 0.275. The molecular formula is C28H31N3O3S. The molecule has 1 N–H and O–H groups in total. The molecule has 2 aliphatic rings. The Balaban J connectivity index is 1.09. The van der Waals surface area contributed by atoms with Crippen molar-refractivity contribution < 1.29 is 14.4 Å². The van der Waals surface area contributed by atoms with Crippen molar-refractivity contribution in [3.8, 4) is 0 Å². The predicted octanol–water partition coefficient (Wildman–Crippen LogP) is 5.80. The minimum Gasteiger partial charge on any atom is -0.342 e. The maximum Gasteiger partial charge on any atom is 0.321 e. The van der Waals surface area contributed by atoms with E-state index in [1.807, 2.05) is 69.8 Å². The molecular weight excluding hydrogens is 458 g/mol. The van der Waals surface area contributed by atoms with E-state index in [9.17, 15) is 14.4 Å². The number of benzene rings is 2. The van der Waals surface area contributed by atoms with Crippen LogP contribution in [0.3, 0.4) is 0 Å². The summed E-state index contributed by atoms with van der Waals surface area (Å²) in [5.41, 5.74) is 0.946. The van der Waals surface area contributed by atoms with E-state index < -0.39 is 0 Å². The SMILES string of the molecule is O=C(CCCC(=O)N1CCC2(CCN(C(=O)Nc3cccc4ccccc34)CC2)C1)c1cccs1. The molecule has 7 heteroatoms. The fourth-order valence-corrected chi connectivity index (χ4v) is 6.08. The van der Waals surface area contributed by atoms with Crippen LogP contribution in [0.2, 0.25) is 0 Å². The molecule has 2 fully saturated rings. The summed E-state index contributed by atoms with van der Waals surface area (Å²) < 4.78 is 0. The first-order chi connectivity index (χ1) is 17.0. The van der Waals surface area contributed by atoms with E-state index in [0.717, 1.165) is 53.7 Å². The van der Waals surface area contributed by atoms with E-state index in [0.29, 0.717) is 32.4 Å². The molecule has 3 amide bonds. The number of piperidine rings is 1. The number of nitrogens with zero attached hydrogens (tertiary/aromatic N) is 2. The van der Waals surface area contributed by atoms with Gasteiger partial charge in [-0.25, -0.2) is 4.79 Å². The minimum absolute atomic E-state index is 0.0578. The zero-order chi connectivity index (χ0) is 24.3. The number of thiophene rings is 1. The highest BCUT2D eigenvalue weighted by molar-refractivity contribution is 7.12. The van der Waals surface area contributed by atoms with Gasteiger partial charge in [0.2, 0.25) is 5.91 Å². The van der Waals surface area contributed by atoms with Crippen LogP contribution in [0, 0.1) is 5.41 Å². The topological polar surface area (TPSA) is 69.7 Å². The van der Waals surface area contributed by atoms with Gasteiger partial charge in [-0.3, -0.25) is 9.59 Å². The van der Waals surface area contributed by atoms with Crippen LogP contribution >= 0.6 is 11.3 Å². The van der Waals surface area contributed by atoms with Gasteiger partial charge < -0.3 is 15.1 Å². The number of rotatable bonds is 6. The lowest BCUT2D eigenvalue weighted by Gasteiger charge is -2.39. The lowest BCUT2D eigenvalue weighted by molar-refractivity contribution is -0.130. The van der Waals surface area contributed by atoms with E-state index in [1.54, 1.807) is 0 Å². The fourth-order valence-electron chi connectivity index (χ4n) is 5.39. The van der Waals surface area contributed by atoms with Gasteiger partial charge in [-0.05, 0) is 54.0 Å². The zero-order valence-electron chi connectivity index (χ0n) is 19.9. The number of amides is 3. The minimum atomic E-state index is -0.0578. The molecule has 2 aromatic carbocycles. The smallest absolute Gasteiger partial charge is 0.321 e. The van der Waals surface area contributed by atoms with Crippen LogP contribution in [0.25, 0.3) is 10.8 Å². The van der Waals surface area contributed by atoms with Crippen LogP contribution < -0.4 is 5.32 Å². The quantitative estimate of drug-likeness (QED) is 0.445. The number of Topliss-reactive ketones (excluding diaryl/α,β-unsaturated/α-hetero) is 1. The fraction of sp³-hybridized carbons (Fsp3) is 0.393. The third kappa shape index (κ3) is 5.25. The maximum absolute atomic E-state index is 13.0. The molecule has 2 aliphatic heterocycles. The second-order valence-corrected chi connectivity index (χ2v) is 10.7. The standard InChI is InChI=1S/C28H31N3O3S/c32-24(25-11-5-19-35-25)10-4-12-26(33)31-18-15-28(20-31)13-16-30(17-14-28)27(34)29-23-9-3-7-21-6-1-2-8-22(21)23/h1-3,5-9,11,19H,4,10,12-18,20H2,(H,29,34). The average Bonchev–Trinajstić information content (AvgIpc) is 3.56. The Bertz CT molecular complexity index is 1210. The number of hydrogen-bond acceptors (Lipinski definition) is 4. The second-order valence-electron chi connectivity index (χ2n) is 9.76. The van der Waals surface area contributed by atoms with Crippen molar-refractivity contribution >= 4 is 45.5 Å². The molecule has 0 aliphatic carbocycles. The van der Waals surface area contributed by atoms with Gasteiger partial charge in [0.25, 0.3) is 0 Å². The van der Waals surface area contributed by atoms with Crippen molar-refractivity contribution in [3.63, 3.8) is 0 Å². The molecule has 5 rings (SSSR count). The Labute approximate surface area is 209 Å². The molecule has 6 nitrogen and oxygen atoms in total. The van der Waals surface area contributed by atoms with E-state index in [1.165, 1.54) is 11.3 Å². The molecule has 3 heterocycles. The highest BCUT2D eigenvalue weighted by Crippen LogP contribution is 2.40. The molecule has 0 radical (unpaired) electrons. The van der Waals surface area contributed by atoms with Crippen molar-refractivity contribution in [2.24, 2.45) is 5.41 Å². The van der Waals surface area contributed by atoms with E-state index in [-0.39, 0.29) is 23.1 Å². The second kappa shape index (κ2) is 10.2. The number of ketones is 1. The number of fused-ring (bicyclic) bond motifs is 1. The normalized spacial score (nSPS) is 17.1. The molecule has 3 aromatic rings. The van der Waals surface area contributed by atoms with Crippen LogP contribution in [0.5, 0.6) is 0 Å². The summed E-state index contributed by atoms with van der Waals surface area (Å²) >= 11 is 1.46. The average molecular weight is 490 g/mol. The van der Waals surface area contributed by atoms with E-state index in [2.05, 4.69) is 5.32 Å². The van der Waals surface area contributed by atoms with Gasteiger partial charge in [-0.1, -0.05) is 42.5 Å². The number of carbonyl (C=O) groups is 3. The molecule has 0 bridgehead atoms. The summed E-state index contributed by atoms with van der Waals surface area (Å²) in [6.45, 7) is 2.95. The lowest BCUT2D eigenvalue weighted by Crippen LogP contribution is -2.46. The number of likely N-dealkylation sites (tertiary alicyclic amines) is 2. The molecule has 0 unspecified atom stereocenters. The van der Waals surface area contributed by atoms with Gasteiger partial charge in [0.05, 0.1) is 10.6 Å².